The summed E-state index contributed by atoms with van der Waals surface area (Å²) in [5, 5.41) is 0.233. The van der Waals surface area contributed by atoms with Gasteiger partial charge < -0.3 is 4.42 Å². The van der Waals surface area contributed by atoms with E-state index in [0.717, 1.165) is 15.9 Å². The van der Waals surface area contributed by atoms with Crippen LogP contribution in [-0.2, 0) is 6.42 Å². The topological polar surface area (TPSA) is 26.0 Å². The number of nitrogens with zero attached hydrogens (tertiary/aromatic N) is 1. The molecule has 0 fully saturated rings. The first-order valence-electron chi connectivity index (χ1n) is 2.54. The largest absolute Gasteiger partial charge is 0.421 e. The second-order valence-corrected chi connectivity index (χ2v) is 2.84. The van der Waals surface area contributed by atoms with E-state index in [-0.39, 0.29) is 5.35 Å². The molecule has 0 unspecified atom stereocenters. The van der Waals surface area contributed by atoms with Gasteiger partial charge in [0.1, 0.15) is 0 Å². The normalized spacial score (nSPS) is 10.1. The first kappa shape index (κ1) is 7.34. The smallest absolute Gasteiger partial charge is 0.293 e. The maximum Gasteiger partial charge on any atom is 0.293 e. The van der Waals surface area contributed by atoms with E-state index in [4.69, 9.17) is 16.0 Å². The molecule has 1 heterocycles. The minimum atomic E-state index is 0.233. The summed E-state index contributed by atoms with van der Waals surface area (Å²) in [6, 6.07) is 0. The Bertz CT molecular complexity index is 211. The molecule has 0 radical (unpaired) electrons. The lowest BCUT2D eigenvalue weighted by Gasteiger charge is -1.81. The average molecular weight is 257 g/mol. The fourth-order valence-electron chi connectivity index (χ4n) is 0.524. The molecule has 50 valence electrons. The van der Waals surface area contributed by atoms with Gasteiger partial charge in [0.05, 0.1) is 5.69 Å². The van der Waals surface area contributed by atoms with Crippen molar-refractivity contribution >= 4 is 34.2 Å². The highest BCUT2D eigenvalue weighted by atomic mass is 127. The molecule has 0 saturated carbocycles. The fourth-order valence-corrected chi connectivity index (χ4v) is 1.54. The molecule has 0 aromatic carbocycles. The minimum Gasteiger partial charge on any atom is -0.421 e. The Hall–Kier alpha value is 0.230. The second kappa shape index (κ2) is 2.88. The molecular formula is C5H5ClINO. The van der Waals surface area contributed by atoms with Crippen LogP contribution in [0.5, 0.6) is 0 Å². The van der Waals surface area contributed by atoms with E-state index in [9.17, 15) is 0 Å². The SMILES string of the molecule is CCc1nc(Cl)oc1I. The van der Waals surface area contributed by atoms with Gasteiger partial charge in [0.25, 0.3) is 5.35 Å². The van der Waals surface area contributed by atoms with Crippen LogP contribution in [0.3, 0.4) is 0 Å². The molecule has 0 amide bonds. The third-order valence-electron chi connectivity index (χ3n) is 0.958. The van der Waals surface area contributed by atoms with Crippen LogP contribution < -0.4 is 0 Å². The number of oxazole rings is 1. The van der Waals surface area contributed by atoms with Crippen LogP contribution in [0.2, 0.25) is 5.35 Å². The minimum absolute atomic E-state index is 0.233. The fraction of sp³-hybridized carbons (Fsp3) is 0.400. The maximum atomic E-state index is 5.46. The van der Waals surface area contributed by atoms with Crippen LogP contribution in [0.25, 0.3) is 0 Å². The lowest BCUT2D eigenvalue weighted by molar-refractivity contribution is 0.530. The Kier molecular flexibility index (Phi) is 2.35. The summed E-state index contributed by atoms with van der Waals surface area (Å²) in [6.07, 6.45) is 0.870. The molecule has 0 bridgehead atoms. The quantitative estimate of drug-likeness (QED) is 0.723. The van der Waals surface area contributed by atoms with Crippen LogP contribution in [0.4, 0.5) is 0 Å². The molecule has 2 nitrogen and oxygen atoms in total. The van der Waals surface area contributed by atoms with Crippen LogP contribution in [0.15, 0.2) is 4.42 Å². The summed E-state index contributed by atoms with van der Waals surface area (Å²) in [5.74, 6) is 0. The van der Waals surface area contributed by atoms with E-state index in [0.29, 0.717) is 0 Å². The molecule has 0 N–H and O–H groups in total. The van der Waals surface area contributed by atoms with Gasteiger partial charge in [-0.15, -0.1) is 0 Å². The van der Waals surface area contributed by atoms with Crippen molar-refractivity contribution < 1.29 is 4.42 Å². The third kappa shape index (κ3) is 1.58. The van der Waals surface area contributed by atoms with Crippen molar-refractivity contribution in [3.63, 3.8) is 0 Å². The van der Waals surface area contributed by atoms with Crippen molar-refractivity contribution in [1.29, 1.82) is 0 Å². The van der Waals surface area contributed by atoms with E-state index in [1.54, 1.807) is 0 Å². The Balaban J connectivity index is 3.01. The van der Waals surface area contributed by atoms with Gasteiger partial charge in [-0.1, -0.05) is 6.92 Å². The van der Waals surface area contributed by atoms with Crippen LogP contribution in [0, 0.1) is 3.77 Å². The van der Waals surface area contributed by atoms with Crippen molar-refractivity contribution in [1.82, 2.24) is 4.98 Å². The molecule has 0 aliphatic carbocycles. The Labute approximate surface area is 71.7 Å². The van der Waals surface area contributed by atoms with Gasteiger partial charge in [0.15, 0.2) is 3.77 Å². The van der Waals surface area contributed by atoms with Gasteiger partial charge in [0, 0.05) is 22.6 Å². The molecule has 0 aliphatic heterocycles. The van der Waals surface area contributed by atoms with Gasteiger partial charge in [-0.05, 0) is 18.0 Å². The molecule has 4 heteroatoms. The van der Waals surface area contributed by atoms with Crippen molar-refractivity contribution in [2.45, 2.75) is 13.3 Å². The first-order chi connectivity index (χ1) is 4.24. The molecule has 0 aliphatic rings. The predicted molar refractivity (Wildman–Crippen MR) is 43.6 cm³/mol. The molecule has 1 aromatic heterocycles. The van der Waals surface area contributed by atoms with Crippen molar-refractivity contribution in [2.75, 3.05) is 0 Å². The second-order valence-electron chi connectivity index (χ2n) is 1.54. The molecule has 0 atom stereocenters. The van der Waals surface area contributed by atoms with Gasteiger partial charge in [-0.2, -0.15) is 0 Å². The number of hydrogen-bond donors (Lipinski definition) is 0. The van der Waals surface area contributed by atoms with E-state index < -0.39 is 0 Å². The van der Waals surface area contributed by atoms with Crippen LogP contribution in [-0.4, -0.2) is 4.98 Å². The lowest BCUT2D eigenvalue weighted by atomic mass is 10.4. The van der Waals surface area contributed by atoms with E-state index in [1.807, 2.05) is 6.92 Å². The Morgan fingerprint density at radius 1 is 1.78 bits per heavy atom. The van der Waals surface area contributed by atoms with Crippen LogP contribution >= 0.6 is 34.2 Å². The Morgan fingerprint density at radius 3 is 2.67 bits per heavy atom. The predicted octanol–water partition coefficient (Wildman–Crippen LogP) is 2.50. The molecule has 0 spiro atoms. The van der Waals surface area contributed by atoms with Gasteiger partial charge >= 0.3 is 0 Å². The van der Waals surface area contributed by atoms with Crippen molar-refractivity contribution in [2.24, 2.45) is 0 Å². The highest BCUT2D eigenvalue weighted by Crippen LogP contribution is 2.16. The summed E-state index contributed by atoms with van der Waals surface area (Å²) in [5.41, 5.74) is 0.931. The summed E-state index contributed by atoms with van der Waals surface area (Å²) in [7, 11) is 0. The monoisotopic (exact) mass is 257 g/mol. The van der Waals surface area contributed by atoms with E-state index in [1.165, 1.54) is 0 Å². The number of halogens is 2. The zero-order chi connectivity index (χ0) is 6.85. The summed E-state index contributed by atoms with van der Waals surface area (Å²) in [6.45, 7) is 2.01. The van der Waals surface area contributed by atoms with Gasteiger partial charge in [-0.25, -0.2) is 4.98 Å². The van der Waals surface area contributed by atoms with E-state index >= 15 is 0 Å². The number of aromatic nitrogens is 1. The first-order valence-corrected chi connectivity index (χ1v) is 4.00. The molecule has 1 rings (SSSR count). The summed E-state index contributed by atoms with van der Waals surface area (Å²) in [4.78, 5) is 3.92. The third-order valence-corrected chi connectivity index (χ3v) is 1.96. The molecule has 9 heavy (non-hydrogen) atoms. The molecular weight excluding hydrogens is 252 g/mol. The zero-order valence-corrected chi connectivity index (χ0v) is 7.73. The number of hydrogen-bond acceptors (Lipinski definition) is 2. The Morgan fingerprint density at radius 2 is 2.44 bits per heavy atom. The lowest BCUT2D eigenvalue weighted by Crippen LogP contribution is -1.80. The maximum absolute atomic E-state index is 5.46. The van der Waals surface area contributed by atoms with Crippen molar-refractivity contribution in [3.8, 4) is 0 Å². The summed E-state index contributed by atoms with van der Waals surface area (Å²) < 4.78 is 5.74. The number of aryl methyl sites for hydroxylation is 1. The number of rotatable bonds is 1. The van der Waals surface area contributed by atoms with Crippen LogP contribution in [0.1, 0.15) is 12.6 Å². The van der Waals surface area contributed by atoms with Gasteiger partial charge in [0.2, 0.25) is 0 Å². The highest BCUT2D eigenvalue weighted by molar-refractivity contribution is 14.1. The summed E-state index contributed by atoms with van der Waals surface area (Å²) >= 11 is 7.53. The van der Waals surface area contributed by atoms with E-state index in [2.05, 4.69) is 27.6 Å². The highest BCUT2D eigenvalue weighted by Gasteiger charge is 2.04. The standard InChI is InChI=1S/C5H5ClINO/c1-2-3-4(7)9-5(6)8-3/h2H2,1H3. The van der Waals surface area contributed by atoms with Crippen molar-refractivity contribution in [3.05, 3.63) is 14.8 Å². The van der Waals surface area contributed by atoms with Gasteiger partial charge in [-0.3, -0.25) is 0 Å². The zero-order valence-electron chi connectivity index (χ0n) is 4.82. The molecule has 1 aromatic rings. The molecule has 0 saturated heterocycles. The average Bonchev–Trinajstić information content (AvgIpc) is 2.10.